The second-order valence-corrected chi connectivity index (χ2v) is 6.02. The van der Waals surface area contributed by atoms with Crippen LogP contribution in [0.3, 0.4) is 0 Å². The Bertz CT molecular complexity index is 504. The van der Waals surface area contributed by atoms with E-state index in [1.54, 1.807) is 11.8 Å². The summed E-state index contributed by atoms with van der Waals surface area (Å²) in [4.78, 5) is 25.3. The van der Waals surface area contributed by atoms with Crippen LogP contribution < -0.4 is 5.32 Å². The molecule has 2 rings (SSSR count). The van der Waals surface area contributed by atoms with Gasteiger partial charge >= 0.3 is 0 Å². The minimum atomic E-state index is -0.0424. The third-order valence-corrected chi connectivity index (χ3v) is 3.83. The fourth-order valence-corrected chi connectivity index (χ4v) is 2.38. The lowest BCUT2D eigenvalue weighted by atomic mass is 10.0. The number of nitrogens with one attached hydrogen (secondary N) is 1. The molecule has 0 heterocycles. The number of hydrogen-bond acceptors (Lipinski definition) is 2. The van der Waals surface area contributed by atoms with Crippen LogP contribution in [0.25, 0.3) is 0 Å². The molecule has 4 nitrogen and oxygen atoms in total. The van der Waals surface area contributed by atoms with E-state index in [1.165, 1.54) is 5.56 Å². The van der Waals surface area contributed by atoms with Gasteiger partial charge in [-0.25, -0.2) is 0 Å². The van der Waals surface area contributed by atoms with Crippen molar-refractivity contribution in [3.63, 3.8) is 0 Å². The van der Waals surface area contributed by atoms with Crippen LogP contribution in [0.4, 0.5) is 5.69 Å². The normalized spacial score (nSPS) is 14.1. The van der Waals surface area contributed by atoms with Crippen molar-refractivity contribution in [2.24, 2.45) is 0 Å². The Kier molecular flexibility index (Phi) is 4.99. The van der Waals surface area contributed by atoms with Gasteiger partial charge in [0.05, 0.1) is 0 Å². The van der Waals surface area contributed by atoms with Gasteiger partial charge in [0.25, 0.3) is 0 Å². The predicted molar refractivity (Wildman–Crippen MR) is 84.2 cm³/mol. The third-order valence-electron chi connectivity index (χ3n) is 3.83. The van der Waals surface area contributed by atoms with Crippen molar-refractivity contribution >= 4 is 17.5 Å². The van der Waals surface area contributed by atoms with E-state index >= 15 is 0 Å². The van der Waals surface area contributed by atoms with E-state index in [9.17, 15) is 9.59 Å². The van der Waals surface area contributed by atoms with Crippen LogP contribution in [-0.4, -0.2) is 29.3 Å². The number of carbonyl (C=O) groups excluding carboxylic acids is 2. The van der Waals surface area contributed by atoms with Gasteiger partial charge in [0, 0.05) is 31.6 Å². The predicted octanol–water partition coefficient (Wildman–Crippen LogP) is 3.15. The zero-order valence-electron chi connectivity index (χ0n) is 13.1. The molecule has 1 aliphatic carbocycles. The molecule has 0 bridgehead atoms. The molecule has 0 aromatic heterocycles. The fourth-order valence-electron chi connectivity index (χ4n) is 2.38. The van der Waals surface area contributed by atoms with Gasteiger partial charge in [0.2, 0.25) is 11.8 Å². The Morgan fingerprint density at radius 3 is 2.33 bits per heavy atom. The first kappa shape index (κ1) is 15.5. The highest BCUT2D eigenvalue weighted by atomic mass is 16.2. The van der Waals surface area contributed by atoms with Crippen LogP contribution in [0.1, 0.15) is 51.5 Å². The molecule has 1 saturated carbocycles. The average molecular weight is 288 g/mol. The average Bonchev–Trinajstić information content (AvgIpc) is 3.23. The van der Waals surface area contributed by atoms with Gasteiger partial charge in [-0.2, -0.15) is 0 Å². The number of nitrogens with zero attached hydrogens (tertiary/aromatic N) is 1. The van der Waals surface area contributed by atoms with E-state index in [2.05, 4.69) is 19.2 Å². The molecular formula is C17H24N2O2. The Morgan fingerprint density at radius 2 is 1.86 bits per heavy atom. The van der Waals surface area contributed by atoms with Gasteiger partial charge < -0.3 is 10.2 Å². The number of hydrogen-bond donors (Lipinski definition) is 1. The molecule has 1 aromatic rings. The van der Waals surface area contributed by atoms with E-state index in [1.807, 2.05) is 24.3 Å². The zero-order valence-corrected chi connectivity index (χ0v) is 13.1. The maximum atomic E-state index is 12.0. The molecule has 1 aromatic carbocycles. The maximum absolute atomic E-state index is 12.0. The summed E-state index contributed by atoms with van der Waals surface area (Å²) in [6.07, 6.45) is 2.48. The van der Waals surface area contributed by atoms with Crippen molar-refractivity contribution in [2.75, 3.05) is 11.9 Å². The molecule has 114 valence electrons. The second-order valence-electron chi connectivity index (χ2n) is 6.02. The molecule has 1 N–H and O–H groups in total. The lowest BCUT2D eigenvalue weighted by Gasteiger charge is -2.20. The number of amides is 2. The van der Waals surface area contributed by atoms with Crippen molar-refractivity contribution in [3.05, 3.63) is 29.8 Å². The summed E-state index contributed by atoms with van der Waals surface area (Å²) in [5, 5.41) is 2.88. The molecule has 4 heteroatoms. The molecule has 0 spiro atoms. The van der Waals surface area contributed by atoms with Crippen LogP contribution in [0.2, 0.25) is 0 Å². The second kappa shape index (κ2) is 6.74. The summed E-state index contributed by atoms with van der Waals surface area (Å²) in [5.41, 5.74) is 2.06. The number of rotatable bonds is 6. The topological polar surface area (TPSA) is 49.4 Å². The molecule has 1 fully saturated rings. The highest BCUT2D eigenvalue weighted by molar-refractivity contribution is 5.91. The first-order valence-corrected chi connectivity index (χ1v) is 7.64. The molecule has 0 saturated heterocycles. The molecule has 1 aliphatic rings. The highest BCUT2D eigenvalue weighted by Gasteiger charge is 2.30. The van der Waals surface area contributed by atoms with E-state index in [-0.39, 0.29) is 11.8 Å². The van der Waals surface area contributed by atoms with E-state index in [0.29, 0.717) is 24.9 Å². The third kappa shape index (κ3) is 4.59. The summed E-state index contributed by atoms with van der Waals surface area (Å²) in [6, 6.07) is 8.28. The molecule has 0 atom stereocenters. The molecular weight excluding hydrogens is 264 g/mol. The van der Waals surface area contributed by atoms with Crippen molar-refractivity contribution in [2.45, 2.75) is 52.0 Å². The Balaban J connectivity index is 1.82. The van der Waals surface area contributed by atoms with Crippen LogP contribution in [0.15, 0.2) is 24.3 Å². The largest absolute Gasteiger partial charge is 0.339 e. The van der Waals surface area contributed by atoms with E-state index in [0.717, 1.165) is 18.5 Å². The van der Waals surface area contributed by atoms with Crippen LogP contribution >= 0.6 is 0 Å². The van der Waals surface area contributed by atoms with Crippen molar-refractivity contribution in [3.8, 4) is 0 Å². The first-order valence-electron chi connectivity index (χ1n) is 7.64. The highest BCUT2D eigenvalue weighted by Crippen LogP contribution is 2.27. The lowest BCUT2D eigenvalue weighted by Crippen LogP contribution is -2.33. The van der Waals surface area contributed by atoms with Gasteiger partial charge in [-0.1, -0.05) is 26.0 Å². The van der Waals surface area contributed by atoms with E-state index in [4.69, 9.17) is 0 Å². The monoisotopic (exact) mass is 288 g/mol. The SMILES string of the molecule is CC(=O)N(CCC(=O)Nc1ccc(C(C)C)cc1)C1CC1. The maximum Gasteiger partial charge on any atom is 0.226 e. The first-order chi connectivity index (χ1) is 9.97. The van der Waals surface area contributed by atoms with Gasteiger partial charge in [0.1, 0.15) is 0 Å². The Morgan fingerprint density at radius 1 is 1.24 bits per heavy atom. The molecule has 21 heavy (non-hydrogen) atoms. The van der Waals surface area contributed by atoms with E-state index < -0.39 is 0 Å². The van der Waals surface area contributed by atoms with Gasteiger partial charge in [-0.05, 0) is 36.5 Å². The molecule has 0 unspecified atom stereocenters. The molecule has 0 aliphatic heterocycles. The Labute approximate surface area is 126 Å². The summed E-state index contributed by atoms with van der Waals surface area (Å²) >= 11 is 0. The molecule has 2 amide bonds. The summed E-state index contributed by atoms with van der Waals surface area (Å²) in [7, 11) is 0. The van der Waals surface area contributed by atoms with Gasteiger partial charge in [0.15, 0.2) is 0 Å². The van der Waals surface area contributed by atoms with Crippen molar-refractivity contribution < 1.29 is 9.59 Å². The standard InChI is InChI=1S/C17H24N2O2/c1-12(2)14-4-6-15(7-5-14)18-17(21)10-11-19(13(3)20)16-8-9-16/h4-7,12,16H,8-11H2,1-3H3,(H,18,21). The van der Waals surface area contributed by atoms with Crippen molar-refractivity contribution in [1.82, 2.24) is 4.90 Å². The van der Waals surface area contributed by atoms with Crippen LogP contribution in [0.5, 0.6) is 0 Å². The molecule has 0 radical (unpaired) electrons. The van der Waals surface area contributed by atoms with Crippen LogP contribution in [0, 0.1) is 0 Å². The fraction of sp³-hybridized carbons (Fsp3) is 0.529. The Hall–Kier alpha value is -1.84. The number of anilines is 1. The van der Waals surface area contributed by atoms with Gasteiger partial charge in [-0.3, -0.25) is 9.59 Å². The summed E-state index contributed by atoms with van der Waals surface area (Å²) in [6.45, 7) is 6.36. The quantitative estimate of drug-likeness (QED) is 0.874. The smallest absolute Gasteiger partial charge is 0.226 e. The van der Waals surface area contributed by atoms with Crippen LogP contribution in [-0.2, 0) is 9.59 Å². The lowest BCUT2D eigenvalue weighted by molar-refractivity contribution is -0.129. The minimum absolute atomic E-state index is 0.0424. The zero-order chi connectivity index (χ0) is 15.4. The van der Waals surface area contributed by atoms with Gasteiger partial charge in [-0.15, -0.1) is 0 Å². The summed E-state index contributed by atoms with van der Waals surface area (Å²) < 4.78 is 0. The van der Waals surface area contributed by atoms with Crippen molar-refractivity contribution in [1.29, 1.82) is 0 Å². The minimum Gasteiger partial charge on any atom is -0.339 e. The summed E-state index contributed by atoms with van der Waals surface area (Å²) in [5.74, 6) is 0.503. The number of benzene rings is 1. The number of carbonyl (C=O) groups is 2.